The van der Waals surface area contributed by atoms with E-state index in [1.54, 1.807) is 39.0 Å². The number of nitrogens with two attached hydrogens (primary N) is 1. The quantitative estimate of drug-likeness (QED) is 0.660. The van der Waals surface area contributed by atoms with Gasteiger partial charge in [-0.2, -0.15) is 5.26 Å². The largest absolute Gasteiger partial charge is 0.456 e. The van der Waals surface area contributed by atoms with Crippen molar-refractivity contribution in [2.75, 3.05) is 5.32 Å². The highest BCUT2D eigenvalue weighted by atomic mass is 79.9. The third kappa shape index (κ3) is 2.79. The van der Waals surface area contributed by atoms with E-state index in [1.807, 2.05) is 6.07 Å². The van der Waals surface area contributed by atoms with Gasteiger partial charge in [-0.1, -0.05) is 15.9 Å². The zero-order chi connectivity index (χ0) is 20.1. The van der Waals surface area contributed by atoms with Crippen LogP contribution in [-0.2, 0) is 24.5 Å². The number of esters is 1. The van der Waals surface area contributed by atoms with Crippen molar-refractivity contribution in [2.45, 2.75) is 38.7 Å². The van der Waals surface area contributed by atoms with Crippen LogP contribution in [0.2, 0.25) is 0 Å². The summed E-state index contributed by atoms with van der Waals surface area (Å²) in [5.74, 6) is -1.41. The van der Waals surface area contributed by atoms with E-state index in [1.165, 1.54) is 6.92 Å². The molecular formula is C19H18BrN3O4. The van der Waals surface area contributed by atoms with Gasteiger partial charge in [-0.25, -0.2) is 4.79 Å². The van der Waals surface area contributed by atoms with E-state index in [0.29, 0.717) is 15.7 Å². The normalized spacial score (nSPS) is 21.6. The van der Waals surface area contributed by atoms with Crippen molar-refractivity contribution in [3.8, 4) is 6.07 Å². The average molecular weight is 432 g/mol. The molecule has 0 saturated carbocycles. The fourth-order valence-corrected chi connectivity index (χ4v) is 3.74. The van der Waals surface area contributed by atoms with Crippen molar-refractivity contribution in [1.82, 2.24) is 0 Å². The number of halogens is 1. The molecule has 0 radical (unpaired) electrons. The number of allylic oxidation sites excluding steroid dienone is 1. The molecule has 8 heteroatoms. The van der Waals surface area contributed by atoms with Crippen LogP contribution in [0.3, 0.4) is 0 Å². The molecule has 2 aliphatic heterocycles. The highest BCUT2D eigenvalue weighted by Crippen LogP contribution is 2.52. The minimum Gasteiger partial charge on any atom is -0.456 e. The average Bonchev–Trinajstić information content (AvgIpc) is 2.79. The van der Waals surface area contributed by atoms with E-state index in [-0.39, 0.29) is 22.8 Å². The Kier molecular flexibility index (Phi) is 4.31. The third-order valence-corrected chi connectivity index (χ3v) is 4.79. The molecule has 3 N–H and O–H groups in total. The molecule has 1 spiro atoms. The van der Waals surface area contributed by atoms with E-state index < -0.39 is 22.9 Å². The van der Waals surface area contributed by atoms with Gasteiger partial charge in [0.1, 0.15) is 28.6 Å². The summed E-state index contributed by atoms with van der Waals surface area (Å²) in [6, 6.07) is 7.08. The van der Waals surface area contributed by atoms with E-state index in [2.05, 4.69) is 21.2 Å². The fraction of sp³-hybridized carbons (Fsp3) is 0.316. The number of carbonyl (C=O) groups excluding carboxylic acids is 2. The smallest absolute Gasteiger partial charge is 0.339 e. The van der Waals surface area contributed by atoms with Gasteiger partial charge in [0.25, 0.3) is 0 Å². The maximum absolute atomic E-state index is 13.2. The van der Waals surface area contributed by atoms with Crippen molar-refractivity contribution in [1.29, 1.82) is 5.26 Å². The second kappa shape index (κ2) is 6.13. The number of rotatable bonds is 1. The Morgan fingerprint density at radius 2 is 2.07 bits per heavy atom. The number of carbonyl (C=O) groups is 2. The van der Waals surface area contributed by atoms with E-state index in [4.69, 9.17) is 15.2 Å². The molecule has 2 heterocycles. The Labute approximate surface area is 164 Å². The van der Waals surface area contributed by atoms with Crippen LogP contribution >= 0.6 is 15.9 Å². The lowest BCUT2D eigenvalue weighted by molar-refractivity contribution is -0.151. The molecule has 1 unspecified atom stereocenters. The zero-order valence-electron chi connectivity index (χ0n) is 15.3. The Morgan fingerprint density at radius 3 is 2.67 bits per heavy atom. The first-order valence-corrected chi connectivity index (χ1v) is 8.96. The van der Waals surface area contributed by atoms with Crippen LogP contribution in [0.25, 0.3) is 0 Å². The number of nitrogens with one attached hydrogen (secondary N) is 1. The molecule has 1 aromatic carbocycles. The molecule has 1 atom stereocenters. The second-order valence-corrected chi connectivity index (χ2v) is 8.20. The van der Waals surface area contributed by atoms with Gasteiger partial charge in [-0.05, 0) is 45.9 Å². The number of anilines is 1. The molecule has 3 rings (SSSR count). The maximum atomic E-state index is 13.2. The predicted octanol–water partition coefficient (Wildman–Crippen LogP) is 2.98. The first-order valence-electron chi connectivity index (χ1n) is 8.16. The number of hydrogen-bond donors (Lipinski definition) is 2. The van der Waals surface area contributed by atoms with Gasteiger partial charge >= 0.3 is 5.97 Å². The second-order valence-electron chi connectivity index (χ2n) is 7.28. The number of nitriles is 1. The number of hydrogen-bond acceptors (Lipinski definition) is 6. The summed E-state index contributed by atoms with van der Waals surface area (Å²) < 4.78 is 11.6. The third-order valence-electron chi connectivity index (χ3n) is 4.30. The molecule has 27 heavy (non-hydrogen) atoms. The summed E-state index contributed by atoms with van der Waals surface area (Å²) in [7, 11) is 0. The number of fused-ring (bicyclic) bond motifs is 2. The van der Waals surface area contributed by atoms with Crippen LogP contribution in [0.15, 0.2) is 45.5 Å². The van der Waals surface area contributed by atoms with Gasteiger partial charge < -0.3 is 20.5 Å². The van der Waals surface area contributed by atoms with Crippen LogP contribution in [0, 0.1) is 11.3 Å². The lowest BCUT2D eigenvalue weighted by atomic mass is 9.68. The molecule has 7 nitrogen and oxygen atoms in total. The van der Waals surface area contributed by atoms with Crippen molar-refractivity contribution in [3.05, 3.63) is 51.0 Å². The van der Waals surface area contributed by atoms with Gasteiger partial charge in [0.05, 0.1) is 0 Å². The SMILES string of the molecule is CC1=C(C(=O)OC(C)(C)C)C2(C(=O)Nc3ccc(Br)cc32)C(C#N)=C(N)O1. The Hall–Kier alpha value is -2.79. The first kappa shape index (κ1) is 19.0. The monoisotopic (exact) mass is 431 g/mol. The summed E-state index contributed by atoms with van der Waals surface area (Å²) >= 11 is 3.38. The maximum Gasteiger partial charge on any atom is 0.339 e. The Bertz CT molecular complexity index is 982. The molecule has 2 aliphatic rings. The minimum absolute atomic E-state index is 0.0578. The lowest BCUT2D eigenvalue weighted by Crippen LogP contribution is -2.46. The molecule has 0 aromatic heterocycles. The number of benzene rings is 1. The summed E-state index contributed by atoms with van der Waals surface area (Å²) in [5.41, 5.74) is 4.11. The summed E-state index contributed by atoms with van der Waals surface area (Å²) in [6.45, 7) is 6.66. The molecule has 0 saturated heterocycles. The van der Waals surface area contributed by atoms with Crippen LogP contribution in [0.5, 0.6) is 0 Å². The highest BCUT2D eigenvalue weighted by molar-refractivity contribution is 9.10. The van der Waals surface area contributed by atoms with Gasteiger partial charge in [0.15, 0.2) is 5.41 Å². The standard InChI is InChI=1S/C19H18BrN3O4/c1-9-14(16(24)27-18(2,3)4)19(12(8-21)15(22)26-9)11-7-10(20)5-6-13(11)23-17(19)25/h5-7H,22H2,1-4H3,(H,23,25). The van der Waals surface area contributed by atoms with E-state index in [0.717, 1.165) is 0 Å². The summed E-state index contributed by atoms with van der Waals surface area (Å²) in [4.78, 5) is 26.3. The van der Waals surface area contributed by atoms with Gasteiger partial charge in [0, 0.05) is 15.7 Å². The lowest BCUT2D eigenvalue weighted by Gasteiger charge is -2.35. The van der Waals surface area contributed by atoms with Crippen molar-refractivity contribution in [3.63, 3.8) is 0 Å². The van der Waals surface area contributed by atoms with Crippen LogP contribution in [0.4, 0.5) is 5.69 Å². The molecule has 0 aliphatic carbocycles. The Morgan fingerprint density at radius 1 is 1.41 bits per heavy atom. The molecular weight excluding hydrogens is 414 g/mol. The van der Waals surface area contributed by atoms with Crippen LogP contribution in [-0.4, -0.2) is 17.5 Å². The fourth-order valence-electron chi connectivity index (χ4n) is 3.38. The Balaban J connectivity index is 2.36. The van der Waals surface area contributed by atoms with Crippen molar-refractivity contribution >= 4 is 33.5 Å². The minimum atomic E-state index is -1.73. The molecule has 1 aromatic rings. The summed E-state index contributed by atoms with van der Waals surface area (Å²) in [6.07, 6.45) is 0. The van der Waals surface area contributed by atoms with E-state index in [9.17, 15) is 14.9 Å². The van der Waals surface area contributed by atoms with Crippen molar-refractivity contribution < 1.29 is 19.1 Å². The van der Waals surface area contributed by atoms with Crippen LogP contribution in [0.1, 0.15) is 33.3 Å². The summed E-state index contributed by atoms with van der Waals surface area (Å²) in [5, 5.41) is 12.5. The van der Waals surface area contributed by atoms with Crippen molar-refractivity contribution in [2.24, 2.45) is 5.73 Å². The van der Waals surface area contributed by atoms with E-state index >= 15 is 0 Å². The highest BCUT2D eigenvalue weighted by Gasteiger charge is 2.60. The zero-order valence-corrected chi connectivity index (χ0v) is 16.9. The van der Waals surface area contributed by atoms with Gasteiger partial charge in [-0.3, -0.25) is 4.79 Å². The van der Waals surface area contributed by atoms with Gasteiger partial charge in [-0.15, -0.1) is 0 Å². The molecule has 1 amide bonds. The number of nitrogens with zero attached hydrogens (tertiary/aromatic N) is 1. The first-order chi connectivity index (χ1) is 12.5. The van der Waals surface area contributed by atoms with Crippen LogP contribution < -0.4 is 11.1 Å². The molecule has 0 bridgehead atoms. The molecule has 0 fully saturated rings. The predicted molar refractivity (Wildman–Crippen MR) is 101 cm³/mol. The number of amides is 1. The van der Waals surface area contributed by atoms with Gasteiger partial charge in [0.2, 0.25) is 11.8 Å². The topological polar surface area (TPSA) is 114 Å². The molecule has 140 valence electrons. The number of ether oxygens (including phenoxy) is 2.